The van der Waals surface area contributed by atoms with Gasteiger partial charge in [-0.3, -0.25) is 19.3 Å². The zero-order valence-electron chi connectivity index (χ0n) is 17.1. The number of amides is 4. The number of Topliss-reactive ketones (excluding diaryl/α,β-unsaturated/α-hetero) is 1. The molecule has 1 atom stereocenters. The summed E-state index contributed by atoms with van der Waals surface area (Å²) in [6.45, 7) is 1.07. The molecule has 31 heavy (non-hydrogen) atoms. The number of urea groups is 1. The highest BCUT2D eigenvalue weighted by molar-refractivity contribution is 6.12. The van der Waals surface area contributed by atoms with E-state index in [2.05, 4.69) is 10.3 Å². The lowest BCUT2D eigenvalue weighted by Gasteiger charge is -2.33. The van der Waals surface area contributed by atoms with Crippen LogP contribution in [-0.4, -0.2) is 58.0 Å². The number of carbonyl (C=O) groups is 4. The van der Waals surface area contributed by atoms with Crippen molar-refractivity contribution in [3.8, 4) is 0 Å². The van der Waals surface area contributed by atoms with Gasteiger partial charge >= 0.3 is 6.03 Å². The molecule has 2 N–H and O–H groups in total. The molecule has 0 unspecified atom stereocenters. The molecule has 8 nitrogen and oxygen atoms in total. The van der Waals surface area contributed by atoms with Gasteiger partial charge in [0.2, 0.25) is 0 Å². The molecule has 1 aromatic carbocycles. The number of aromatic nitrogens is 1. The number of hydrogen-bond donors (Lipinski definition) is 2. The lowest BCUT2D eigenvalue weighted by Crippen LogP contribution is -2.46. The third-order valence-electron chi connectivity index (χ3n) is 6.58. The number of rotatable bonds is 4. The van der Waals surface area contributed by atoms with Gasteiger partial charge in [-0.2, -0.15) is 0 Å². The maximum Gasteiger partial charge on any atom is 0.325 e. The summed E-state index contributed by atoms with van der Waals surface area (Å²) in [5.74, 6) is -0.910. The van der Waals surface area contributed by atoms with Crippen LogP contribution in [0.5, 0.6) is 0 Å². The van der Waals surface area contributed by atoms with Crippen LogP contribution in [0.15, 0.2) is 36.5 Å². The maximum absolute atomic E-state index is 13.3. The van der Waals surface area contributed by atoms with E-state index in [-0.39, 0.29) is 29.7 Å². The molecule has 2 aliphatic heterocycles. The highest BCUT2D eigenvalue weighted by Crippen LogP contribution is 2.39. The van der Waals surface area contributed by atoms with Gasteiger partial charge in [0.1, 0.15) is 11.2 Å². The number of imide groups is 1. The van der Waals surface area contributed by atoms with E-state index in [0.717, 1.165) is 41.7 Å². The number of likely N-dealkylation sites (tertiary alicyclic amines) is 1. The van der Waals surface area contributed by atoms with E-state index in [1.165, 1.54) is 12.3 Å². The van der Waals surface area contributed by atoms with Crippen molar-refractivity contribution in [2.45, 2.75) is 37.6 Å². The van der Waals surface area contributed by atoms with Crippen molar-refractivity contribution in [2.24, 2.45) is 0 Å². The van der Waals surface area contributed by atoms with Crippen molar-refractivity contribution >= 4 is 23.6 Å². The Morgan fingerprint density at radius 1 is 1.06 bits per heavy atom. The Labute approximate surface area is 179 Å². The number of carbonyl (C=O) groups excluding carboxylic acids is 4. The summed E-state index contributed by atoms with van der Waals surface area (Å²) in [5.41, 5.74) is 1.40. The minimum atomic E-state index is -1.10. The second-order valence-electron chi connectivity index (χ2n) is 8.46. The SMILES string of the molecule is O=C(CN1C(=O)N[C@]2(CCCc3ccccc32)C1=O)c1c[nH]c(C(=O)N2CCCC2)c1. The monoisotopic (exact) mass is 420 g/mol. The molecule has 0 saturated carbocycles. The fourth-order valence-corrected chi connectivity index (χ4v) is 4.96. The van der Waals surface area contributed by atoms with E-state index in [1.54, 1.807) is 4.90 Å². The summed E-state index contributed by atoms with van der Waals surface area (Å²) >= 11 is 0. The molecule has 2 saturated heterocycles. The second kappa shape index (κ2) is 7.37. The van der Waals surface area contributed by atoms with E-state index in [1.807, 2.05) is 24.3 Å². The normalized spacial score (nSPS) is 22.7. The molecular formula is C23H24N4O4. The van der Waals surface area contributed by atoms with Crippen molar-refractivity contribution < 1.29 is 19.2 Å². The molecule has 4 amide bonds. The Kier molecular flexibility index (Phi) is 4.64. The molecule has 0 bridgehead atoms. The minimum Gasteiger partial charge on any atom is -0.356 e. The number of H-pyrrole nitrogens is 1. The summed E-state index contributed by atoms with van der Waals surface area (Å²) in [4.78, 5) is 57.0. The molecule has 8 heteroatoms. The van der Waals surface area contributed by atoms with Crippen LogP contribution in [0.3, 0.4) is 0 Å². The summed E-state index contributed by atoms with van der Waals surface area (Å²) < 4.78 is 0. The Balaban J connectivity index is 1.34. The summed E-state index contributed by atoms with van der Waals surface area (Å²) in [6.07, 6.45) is 5.58. The smallest absolute Gasteiger partial charge is 0.325 e. The van der Waals surface area contributed by atoms with Crippen LogP contribution in [0.25, 0.3) is 0 Å². The van der Waals surface area contributed by atoms with Gasteiger partial charge in [-0.05, 0) is 49.3 Å². The number of aromatic amines is 1. The molecule has 1 aliphatic carbocycles. The minimum absolute atomic E-state index is 0.135. The highest BCUT2D eigenvalue weighted by Gasteiger charge is 2.54. The van der Waals surface area contributed by atoms with Gasteiger partial charge in [-0.15, -0.1) is 0 Å². The van der Waals surface area contributed by atoms with Crippen molar-refractivity contribution in [2.75, 3.05) is 19.6 Å². The Morgan fingerprint density at radius 3 is 2.65 bits per heavy atom. The number of benzene rings is 1. The maximum atomic E-state index is 13.3. The molecule has 160 valence electrons. The van der Waals surface area contributed by atoms with Gasteiger partial charge in [-0.25, -0.2) is 4.79 Å². The van der Waals surface area contributed by atoms with E-state index in [4.69, 9.17) is 0 Å². The van der Waals surface area contributed by atoms with Gasteiger partial charge in [0.15, 0.2) is 5.78 Å². The first-order valence-corrected chi connectivity index (χ1v) is 10.7. The molecule has 2 aromatic rings. The van der Waals surface area contributed by atoms with Crippen LogP contribution in [0, 0.1) is 0 Å². The first-order chi connectivity index (χ1) is 15.0. The second-order valence-corrected chi connectivity index (χ2v) is 8.46. The average Bonchev–Trinajstić information content (AvgIpc) is 3.52. The van der Waals surface area contributed by atoms with E-state index < -0.39 is 11.6 Å². The summed E-state index contributed by atoms with van der Waals surface area (Å²) in [6, 6.07) is 8.58. The van der Waals surface area contributed by atoms with E-state index in [9.17, 15) is 19.2 Å². The van der Waals surface area contributed by atoms with Gasteiger partial charge < -0.3 is 15.2 Å². The quantitative estimate of drug-likeness (QED) is 0.585. The number of fused-ring (bicyclic) bond motifs is 2. The van der Waals surface area contributed by atoms with Crippen molar-refractivity contribution in [1.82, 2.24) is 20.1 Å². The predicted octanol–water partition coefficient (Wildman–Crippen LogP) is 2.22. The van der Waals surface area contributed by atoms with Crippen LogP contribution >= 0.6 is 0 Å². The lowest BCUT2D eigenvalue weighted by molar-refractivity contribution is -0.131. The fourth-order valence-electron chi connectivity index (χ4n) is 4.96. The molecule has 2 fully saturated rings. The largest absolute Gasteiger partial charge is 0.356 e. The lowest BCUT2D eigenvalue weighted by atomic mass is 9.76. The van der Waals surface area contributed by atoms with Crippen LogP contribution in [0.4, 0.5) is 4.79 Å². The third-order valence-corrected chi connectivity index (χ3v) is 6.58. The first kappa shape index (κ1) is 19.5. The van der Waals surface area contributed by atoms with Crippen LogP contribution in [0.1, 0.15) is 57.7 Å². The van der Waals surface area contributed by atoms with E-state index in [0.29, 0.717) is 25.2 Å². The predicted molar refractivity (Wildman–Crippen MR) is 112 cm³/mol. The fraction of sp³-hybridized carbons (Fsp3) is 0.391. The topological polar surface area (TPSA) is 103 Å². The molecule has 3 heterocycles. The molecule has 3 aliphatic rings. The Morgan fingerprint density at radius 2 is 1.84 bits per heavy atom. The van der Waals surface area contributed by atoms with E-state index >= 15 is 0 Å². The van der Waals surface area contributed by atoms with Crippen LogP contribution < -0.4 is 5.32 Å². The first-order valence-electron chi connectivity index (χ1n) is 10.7. The standard InChI is InChI=1S/C23H24N4O4/c28-19(16-12-18(24-13-16)20(29)26-10-3-4-11-26)14-27-21(30)23(25-22(27)31)9-5-7-15-6-1-2-8-17(15)23/h1-2,6,8,12-13,24H,3-5,7,9-11,14H2,(H,25,31)/t23-/m0/s1. The molecule has 5 rings (SSSR count). The van der Waals surface area contributed by atoms with Gasteiger partial charge in [0.25, 0.3) is 11.8 Å². The van der Waals surface area contributed by atoms with Gasteiger partial charge in [-0.1, -0.05) is 24.3 Å². The van der Waals surface area contributed by atoms with Crippen LogP contribution in [0.2, 0.25) is 0 Å². The summed E-state index contributed by atoms with van der Waals surface area (Å²) in [5, 5.41) is 2.86. The average molecular weight is 420 g/mol. The summed E-state index contributed by atoms with van der Waals surface area (Å²) in [7, 11) is 0. The number of hydrogen-bond acceptors (Lipinski definition) is 4. The highest BCUT2D eigenvalue weighted by atomic mass is 16.2. The van der Waals surface area contributed by atoms with Crippen molar-refractivity contribution in [1.29, 1.82) is 0 Å². The van der Waals surface area contributed by atoms with Crippen LogP contribution in [-0.2, 0) is 16.8 Å². The molecular weight excluding hydrogens is 396 g/mol. The number of nitrogens with zero attached hydrogens (tertiary/aromatic N) is 2. The van der Waals surface area contributed by atoms with Gasteiger partial charge in [0, 0.05) is 24.8 Å². The van der Waals surface area contributed by atoms with Gasteiger partial charge in [0.05, 0.1) is 6.54 Å². The Hall–Kier alpha value is -3.42. The number of ketones is 1. The molecule has 1 aromatic heterocycles. The molecule has 1 spiro atoms. The zero-order valence-corrected chi connectivity index (χ0v) is 17.1. The Bertz CT molecular complexity index is 1080. The zero-order chi connectivity index (χ0) is 21.6. The molecule has 0 radical (unpaired) electrons. The van der Waals surface area contributed by atoms with Crippen molar-refractivity contribution in [3.05, 3.63) is 58.9 Å². The van der Waals surface area contributed by atoms with Crippen molar-refractivity contribution in [3.63, 3.8) is 0 Å². The third kappa shape index (κ3) is 3.13. The number of nitrogens with one attached hydrogen (secondary N) is 2. The number of aryl methyl sites for hydroxylation is 1.